The number of hydrogen-bond acceptors (Lipinski definition) is 8. The van der Waals surface area contributed by atoms with Crippen LogP contribution in [-0.2, 0) is 39.4 Å². The molecule has 14 heteroatoms. The van der Waals surface area contributed by atoms with E-state index in [1.165, 1.54) is 44.3 Å². The fourth-order valence-electron chi connectivity index (χ4n) is 4.25. The minimum absolute atomic E-state index is 0.00888. The summed E-state index contributed by atoms with van der Waals surface area (Å²) >= 11 is 0. The molecule has 1 amide bonds. The Morgan fingerprint density at radius 3 is 2.42 bits per heavy atom. The lowest BCUT2D eigenvalue weighted by molar-refractivity contribution is -0.138. The molecule has 0 saturated carbocycles. The quantitative estimate of drug-likeness (QED) is 0.184. The average molecular weight is 624 g/mol. The zero-order valence-electron chi connectivity index (χ0n) is 24.9. The van der Waals surface area contributed by atoms with Crippen molar-refractivity contribution in [1.82, 2.24) is 19.9 Å². The van der Waals surface area contributed by atoms with Gasteiger partial charge in [-0.25, -0.2) is 13.4 Å². The van der Waals surface area contributed by atoms with Crippen molar-refractivity contribution in [2.75, 3.05) is 19.0 Å². The number of carbonyl (C=O) groups is 1. The third-order valence-electron chi connectivity index (χ3n) is 6.62. The third-order valence-corrected chi connectivity index (χ3v) is 8.34. The number of hydrogen-bond donors (Lipinski definition) is 2. The zero-order chi connectivity index (χ0) is 32.2. The predicted octanol–water partition coefficient (Wildman–Crippen LogP) is 4.41. The van der Waals surface area contributed by atoms with E-state index in [4.69, 9.17) is 9.94 Å². The van der Waals surface area contributed by atoms with E-state index in [1.807, 2.05) is 20.8 Å². The maximum atomic E-state index is 14.2. The van der Waals surface area contributed by atoms with Crippen molar-refractivity contribution in [2.24, 2.45) is 5.16 Å². The van der Waals surface area contributed by atoms with Gasteiger partial charge in [-0.05, 0) is 43.2 Å². The lowest BCUT2D eigenvalue weighted by Gasteiger charge is -2.22. The molecule has 0 atom stereocenters. The van der Waals surface area contributed by atoms with Crippen molar-refractivity contribution in [3.63, 3.8) is 0 Å². The molecule has 3 rings (SSSR count). The van der Waals surface area contributed by atoms with Gasteiger partial charge in [0.05, 0.1) is 40.8 Å². The second kappa shape index (κ2) is 13.2. The molecule has 1 aromatic carbocycles. The van der Waals surface area contributed by atoms with Crippen molar-refractivity contribution < 1.29 is 36.3 Å². The highest BCUT2D eigenvalue weighted by atomic mass is 32.2. The Kier molecular flexibility index (Phi) is 10.4. The molecule has 0 saturated heterocycles. The van der Waals surface area contributed by atoms with Gasteiger partial charge < -0.3 is 19.8 Å². The minimum atomic E-state index is -4.67. The summed E-state index contributed by atoms with van der Waals surface area (Å²) in [5.41, 5.74) is -0.207. The average Bonchev–Trinajstić information content (AvgIpc) is 3.27. The normalized spacial score (nSPS) is 12.8. The Bertz CT molecular complexity index is 1590. The van der Waals surface area contributed by atoms with Crippen LogP contribution in [0.4, 0.5) is 13.2 Å². The molecular formula is C29H36F3N5O5S. The highest BCUT2D eigenvalue weighted by molar-refractivity contribution is 7.91. The largest absolute Gasteiger partial charge is 0.416 e. The summed E-state index contributed by atoms with van der Waals surface area (Å²) in [7, 11) is -3.41. The number of imidazole rings is 1. The molecule has 0 aliphatic heterocycles. The van der Waals surface area contributed by atoms with Crippen LogP contribution in [0.5, 0.6) is 0 Å². The van der Waals surface area contributed by atoms with Crippen LogP contribution in [0.15, 0.2) is 46.6 Å². The summed E-state index contributed by atoms with van der Waals surface area (Å²) in [6.45, 7) is 9.64. The number of pyridine rings is 1. The van der Waals surface area contributed by atoms with Crippen LogP contribution in [0.3, 0.4) is 0 Å². The molecule has 2 N–H and O–H groups in total. The van der Waals surface area contributed by atoms with Gasteiger partial charge in [-0.1, -0.05) is 45.0 Å². The number of alkyl halides is 3. The highest BCUT2D eigenvalue weighted by Crippen LogP contribution is 2.35. The second-order valence-corrected chi connectivity index (χ2v) is 13.2. The van der Waals surface area contributed by atoms with Crippen molar-refractivity contribution in [2.45, 2.75) is 71.1 Å². The Balaban J connectivity index is 1.93. The predicted molar refractivity (Wildman–Crippen MR) is 155 cm³/mol. The summed E-state index contributed by atoms with van der Waals surface area (Å²) in [5, 5.41) is 15.3. The highest BCUT2D eigenvalue weighted by Gasteiger charge is 2.35. The molecule has 3 aromatic rings. The molecule has 0 aliphatic carbocycles. The number of halogens is 3. The number of nitrogens with zero attached hydrogens (tertiary/aromatic N) is 4. The second-order valence-electron chi connectivity index (χ2n) is 10.9. The summed E-state index contributed by atoms with van der Waals surface area (Å²) in [5.74, 6) is -0.184. The van der Waals surface area contributed by atoms with E-state index in [2.05, 4.69) is 20.4 Å². The van der Waals surface area contributed by atoms with E-state index in [-0.39, 0.29) is 59.5 Å². The first-order chi connectivity index (χ1) is 20.0. The number of sulfone groups is 1. The van der Waals surface area contributed by atoms with Gasteiger partial charge in [0.15, 0.2) is 9.84 Å². The molecule has 10 nitrogen and oxygen atoms in total. The number of oxime groups is 1. The first-order valence-corrected chi connectivity index (χ1v) is 15.2. The molecule has 2 heterocycles. The van der Waals surface area contributed by atoms with Gasteiger partial charge in [-0.3, -0.25) is 9.78 Å². The standard InChI is InChI=1S/C29H36F3N5O5S/c1-7-43(40,41)23-11-10-22(33-16-23)15-34-26(39)25-19(3)37(27(35-25)28(4,5)6)17-21-9-8-20(14-24(21)29(30,31)32)18(2)36-42-13-12-38/h8-11,14,16,38H,7,12-13,15,17H2,1-6H3,(H,34,39)/b36-18-. The summed E-state index contributed by atoms with van der Waals surface area (Å²) in [6.07, 6.45) is -3.44. The SMILES string of the molecule is CCS(=O)(=O)c1ccc(CNC(=O)c2nc(C(C)(C)C)n(Cc3ccc(/C(C)=N\OCCO)cc3C(F)(F)F)c2C)nc1. The number of aliphatic hydroxyl groups is 1. The van der Waals surface area contributed by atoms with Crippen LogP contribution in [0.25, 0.3) is 0 Å². The van der Waals surface area contributed by atoms with E-state index < -0.39 is 32.9 Å². The molecule has 0 unspecified atom stereocenters. The smallest absolute Gasteiger partial charge is 0.393 e. The molecule has 43 heavy (non-hydrogen) atoms. The van der Waals surface area contributed by atoms with Gasteiger partial charge >= 0.3 is 6.18 Å². The first-order valence-electron chi connectivity index (χ1n) is 13.5. The Labute approximate surface area is 248 Å². The van der Waals surface area contributed by atoms with Crippen LogP contribution in [0.1, 0.15) is 79.0 Å². The number of aromatic nitrogens is 3. The van der Waals surface area contributed by atoms with Crippen LogP contribution in [0, 0.1) is 6.92 Å². The molecule has 0 radical (unpaired) electrons. The number of carbonyl (C=O) groups excluding carboxylic acids is 1. The maximum absolute atomic E-state index is 14.2. The van der Waals surface area contributed by atoms with Crippen molar-refractivity contribution >= 4 is 21.5 Å². The molecule has 0 aliphatic rings. The van der Waals surface area contributed by atoms with Gasteiger partial charge in [0.1, 0.15) is 18.1 Å². The monoisotopic (exact) mass is 623 g/mol. The summed E-state index contributed by atoms with van der Waals surface area (Å²) < 4.78 is 68.3. The fraction of sp³-hybridized carbons (Fsp3) is 0.448. The maximum Gasteiger partial charge on any atom is 0.416 e. The number of aliphatic hydroxyl groups excluding tert-OH is 1. The van der Waals surface area contributed by atoms with Gasteiger partial charge in [0.25, 0.3) is 5.91 Å². The molecule has 234 valence electrons. The Hall–Kier alpha value is -3.78. The van der Waals surface area contributed by atoms with Crippen LogP contribution >= 0.6 is 0 Å². The first kappa shape index (κ1) is 33.7. The van der Waals surface area contributed by atoms with Crippen LogP contribution in [0.2, 0.25) is 0 Å². The van der Waals surface area contributed by atoms with Crippen LogP contribution in [-0.4, -0.2) is 58.6 Å². The zero-order valence-corrected chi connectivity index (χ0v) is 25.7. The topological polar surface area (TPSA) is 136 Å². The van der Waals surface area contributed by atoms with E-state index in [0.717, 1.165) is 6.07 Å². The van der Waals surface area contributed by atoms with Gasteiger partial charge in [-0.15, -0.1) is 0 Å². The molecule has 0 fully saturated rings. The third kappa shape index (κ3) is 8.20. The summed E-state index contributed by atoms with van der Waals surface area (Å²) in [6, 6.07) is 6.79. The summed E-state index contributed by atoms with van der Waals surface area (Å²) in [4.78, 5) is 26.8. The Morgan fingerprint density at radius 2 is 1.86 bits per heavy atom. The molecule has 0 bridgehead atoms. The minimum Gasteiger partial charge on any atom is -0.393 e. The number of benzene rings is 1. The van der Waals surface area contributed by atoms with Crippen molar-refractivity contribution in [3.05, 3.63) is 76.1 Å². The lowest BCUT2D eigenvalue weighted by Crippen LogP contribution is -2.24. The van der Waals surface area contributed by atoms with E-state index >= 15 is 0 Å². The van der Waals surface area contributed by atoms with Gasteiger partial charge in [-0.2, -0.15) is 13.2 Å². The van der Waals surface area contributed by atoms with Crippen molar-refractivity contribution in [1.29, 1.82) is 0 Å². The van der Waals surface area contributed by atoms with Gasteiger partial charge in [0, 0.05) is 23.9 Å². The molecule has 0 spiro atoms. The van der Waals surface area contributed by atoms with E-state index in [9.17, 15) is 26.4 Å². The van der Waals surface area contributed by atoms with E-state index in [1.54, 1.807) is 11.5 Å². The lowest BCUT2D eigenvalue weighted by atomic mass is 9.95. The molecular weight excluding hydrogens is 587 g/mol. The number of rotatable bonds is 11. The number of nitrogens with one attached hydrogen (secondary N) is 1. The van der Waals surface area contributed by atoms with Crippen molar-refractivity contribution in [3.8, 4) is 0 Å². The van der Waals surface area contributed by atoms with Crippen LogP contribution < -0.4 is 5.32 Å². The number of amides is 1. The molecule has 2 aromatic heterocycles. The fourth-order valence-corrected chi connectivity index (χ4v) is 5.07. The van der Waals surface area contributed by atoms with E-state index in [0.29, 0.717) is 17.2 Å². The van der Waals surface area contributed by atoms with Gasteiger partial charge in [0.2, 0.25) is 0 Å². The Morgan fingerprint density at radius 1 is 1.16 bits per heavy atom.